The number of methoxy groups -OCH3 is 3. The third kappa shape index (κ3) is 21.6. The summed E-state index contributed by atoms with van der Waals surface area (Å²) >= 11 is 0. The standard InChI is InChI=1S/C38H31F9N2O3.C33H31F9N2O2.C32H27F9N2O4/c1-19-13-21(20(2)50)5-8-27(19)22-6-12-33(52-4)30(16-22)28-9-7-24(36(39,40)41)18-29(28)31-10-11-32-34(48(3)35(51)49(31)32)23-14-25(37(42,43)44)17-26(15-23)38(45,46)47;1-16(2)23-15-25(28(46-5)10-17(23)3)22-7-6-19(31(34,35)36)14-24(22)26-8-9-27-29(43(4)30(45)44(26)27)18-11-20(32(37,38)39)13-21(12-18)33(40,41)42;1-42-28(17-12-19(31(36,37)38)14-20(13-17)32(39,40)41)25-8-7-24(43(25)29(42)46)22-15-18(30(33,34)35)5-6-21(22)23-11-16(4-10-27(44)45)3-9-26(23)47-2/h5-9,12-18,31-32,34H,10-11H2,1-4H3;6-7,10-16,26-27,29H,8-9H2,1-5H3;3,5-6,9,11-15,24-25,28H,4,7-8,10H2,1-2H3,(H,44,45)/t31-,32-,34+;26-,27-,29+;24-,25-,28+/m000/s1. The molecule has 0 radical (unpaired) electrons. The van der Waals surface area contributed by atoms with Gasteiger partial charge in [0.1, 0.15) is 17.2 Å². The first kappa shape index (κ1) is 107. The zero-order chi connectivity index (χ0) is 107. The summed E-state index contributed by atoms with van der Waals surface area (Å²) in [5.41, 5.74) is -6.02. The second kappa shape index (κ2) is 39.2. The van der Waals surface area contributed by atoms with Crippen LogP contribution in [0, 0.1) is 13.8 Å². The quantitative estimate of drug-likeness (QED) is 0.0653. The number of amides is 6. The molecule has 6 heterocycles. The number of urea groups is 3. The molecule has 0 aliphatic carbocycles. The summed E-state index contributed by atoms with van der Waals surface area (Å²) in [6.07, 6.45) is -44.6. The molecule has 6 aliphatic rings. The van der Waals surface area contributed by atoms with Gasteiger partial charge in [0.2, 0.25) is 0 Å². The number of benzene rings is 10. The number of halogens is 27. The van der Waals surface area contributed by atoms with Crippen molar-refractivity contribution in [2.24, 2.45) is 0 Å². The van der Waals surface area contributed by atoms with Crippen LogP contribution in [0.4, 0.5) is 133 Å². The van der Waals surface area contributed by atoms with Crippen molar-refractivity contribution < 1.29 is 162 Å². The molecule has 0 spiro atoms. The van der Waals surface area contributed by atoms with Crippen LogP contribution in [-0.4, -0.2) is 125 Å². The number of carbonyl (C=O) groups excluding carboxylic acids is 4. The summed E-state index contributed by atoms with van der Waals surface area (Å²) in [5.74, 6) is -0.211. The lowest BCUT2D eigenvalue weighted by Gasteiger charge is -2.28. The minimum Gasteiger partial charge on any atom is -0.496 e. The molecule has 145 heavy (non-hydrogen) atoms. The van der Waals surface area contributed by atoms with E-state index < -0.39 is 195 Å². The fraction of sp³-hybridized carbons (Fsp3) is 0.369. The average molecular weight is 2070 g/mol. The van der Waals surface area contributed by atoms with E-state index in [2.05, 4.69) is 0 Å². The van der Waals surface area contributed by atoms with Crippen molar-refractivity contribution in [3.63, 3.8) is 0 Å². The molecule has 16 rings (SSSR count). The molecule has 0 saturated carbocycles. The van der Waals surface area contributed by atoms with E-state index >= 15 is 0 Å². The molecular formula is C103H89F27N6O9. The van der Waals surface area contributed by atoms with E-state index in [0.717, 1.165) is 73.4 Å². The molecule has 0 aromatic heterocycles. The van der Waals surface area contributed by atoms with Crippen LogP contribution in [0.1, 0.15) is 224 Å². The number of fused-ring (bicyclic) bond motifs is 3. The largest absolute Gasteiger partial charge is 0.496 e. The lowest BCUT2D eigenvalue weighted by Crippen LogP contribution is -2.32. The van der Waals surface area contributed by atoms with Crippen LogP contribution in [0.3, 0.4) is 0 Å². The van der Waals surface area contributed by atoms with Crippen molar-refractivity contribution >= 4 is 29.8 Å². The number of hydrogen-bond donors (Lipinski definition) is 1. The number of alkyl halides is 27. The Labute approximate surface area is 811 Å². The Morgan fingerprint density at radius 3 is 0.931 bits per heavy atom. The van der Waals surface area contributed by atoms with Gasteiger partial charge in [-0.15, -0.1) is 0 Å². The summed E-state index contributed by atoms with van der Waals surface area (Å²) in [6.45, 7) is 9.05. The van der Waals surface area contributed by atoms with Crippen LogP contribution in [0.2, 0.25) is 0 Å². The van der Waals surface area contributed by atoms with Crippen LogP contribution in [0.25, 0.3) is 44.5 Å². The maximum atomic E-state index is 14.2. The van der Waals surface area contributed by atoms with Gasteiger partial charge >= 0.3 is 79.6 Å². The number of carboxylic acid groups (broad SMARTS) is 1. The fourth-order valence-corrected chi connectivity index (χ4v) is 20.8. The first-order valence-corrected chi connectivity index (χ1v) is 44.8. The molecule has 10 aromatic carbocycles. The number of aryl methyl sites for hydroxylation is 3. The number of Topliss-reactive ketones (excluding diaryl/α,β-unsaturated/α-hetero) is 1. The van der Waals surface area contributed by atoms with Gasteiger partial charge in [0.15, 0.2) is 5.78 Å². The lowest BCUT2D eigenvalue weighted by atomic mass is 9.87. The van der Waals surface area contributed by atoms with Gasteiger partial charge in [-0.25, -0.2) is 14.4 Å². The van der Waals surface area contributed by atoms with Crippen molar-refractivity contribution in [2.75, 3.05) is 42.5 Å². The van der Waals surface area contributed by atoms with Crippen molar-refractivity contribution in [3.8, 4) is 61.8 Å². The molecule has 1 N–H and O–H groups in total. The smallest absolute Gasteiger partial charge is 0.416 e. The second-order valence-electron chi connectivity index (χ2n) is 36.6. The first-order valence-electron chi connectivity index (χ1n) is 44.8. The molecule has 774 valence electrons. The highest BCUT2D eigenvalue weighted by atomic mass is 19.4. The highest BCUT2D eigenvalue weighted by molar-refractivity contribution is 5.95. The van der Waals surface area contributed by atoms with E-state index in [9.17, 15) is 143 Å². The van der Waals surface area contributed by atoms with Crippen molar-refractivity contribution in [1.29, 1.82) is 0 Å². The van der Waals surface area contributed by atoms with Crippen LogP contribution in [-0.2, 0) is 66.8 Å². The predicted octanol–water partition coefficient (Wildman–Crippen LogP) is 29.8. The van der Waals surface area contributed by atoms with Crippen LogP contribution in [0.15, 0.2) is 176 Å². The van der Waals surface area contributed by atoms with Crippen molar-refractivity contribution in [2.45, 2.75) is 202 Å². The maximum absolute atomic E-state index is 14.2. The predicted molar refractivity (Wildman–Crippen MR) is 475 cm³/mol. The van der Waals surface area contributed by atoms with E-state index in [0.29, 0.717) is 86.8 Å². The normalized spacial score (nSPS) is 20.0. The van der Waals surface area contributed by atoms with E-state index in [4.69, 9.17) is 19.3 Å². The molecule has 15 nitrogen and oxygen atoms in total. The summed E-state index contributed by atoms with van der Waals surface area (Å²) in [4.78, 5) is 71.2. The van der Waals surface area contributed by atoms with E-state index in [-0.39, 0.29) is 120 Å². The Bertz CT molecular complexity index is 6580. The van der Waals surface area contributed by atoms with Crippen molar-refractivity contribution in [1.82, 2.24) is 29.4 Å². The minimum absolute atomic E-state index is 0.00505. The molecule has 9 atom stereocenters. The lowest BCUT2D eigenvalue weighted by molar-refractivity contribution is -0.144. The topological polar surface area (TPSA) is 153 Å². The van der Waals surface area contributed by atoms with Gasteiger partial charge in [-0.05, 0) is 289 Å². The molecule has 6 amide bonds. The Morgan fingerprint density at radius 2 is 0.641 bits per heavy atom. The summed E-state index contributed by atoms with van der Waals surface area (Å²) in [6, 6.07) is 19.4. The van der Waals surface area contributed by atoms with E-state index in [1.807, 2.05) is 33.8 Å². The number of likely N-dealkylation sites (N-methyl/N-ethyl adjacent to an activating group) is 3. The minimum atomic E-state index is -5.12. The third-order valence-corrected chi connectivity index (χ3v) is 27.4. The monoisotopic (exact) mass is 2070 g/mol. The molecule has 6 saturated heterocycles. The summed E-state index contributed by atoms with van der Waals surface area (Å²) < 4.78 is 390. The second-order valence-corrected chi connectivity index (χ2v) is 36.6. The van der Waals surface area contributed by atoms with E-state index in [1.165, 1.54) is 88.4 Å². The average Bonchev–Trinajstić information content (AvgIpc) is 1.58. The highest BCUT2D eigenvalue weighted by Crippen LogP contribution is 2.59. The number of aliphatic carboxylic acids is 1. The van der Waals surface area contributed by atoms with Crippen molar-refractivity contribution in [3.05, 3.63) is 287 Å². The fourth-order valence-electron chi connectivity index (χ4n) is 20.8. The molecule has 6 aliphatic heterocycles. The SMILES string of the molecule is COc1cc(C)c(C(C)C)cc1-c1ccc(C(F)(F)F)cc1[C@@H]1CC[C@H]2[C@@H](c3cc(C(F)(F)F)cc(C(F)(F)F)c3)N(C)C(=O)N12.COc1ccc(-c2ccc(C(C)=O)cc2C)cc1-c1ccc(C(F)(F)F)cc1[C@@H]1CC[C@H]2[C@@H](c3cc(C(F)(F)F)cc(C(F)(F)F)c3)N(C)C(=O)N12.COc1ccc(CCC(=O)O)cc1-c1ccc(C(F)(F)F)cc1[C@@H]1CC[C@H]2[C@@H](c3cc(C(F)(F)F)cc(C(F)(F)F)c3)N(C)C(=O)N12. The molecule has 10 aromatic rings. The summed E-state index contributed by atoms with van der Waals surface area (Å²) in [7, 11) is 7.87. The zero-order valence-corrected chi connectivity index (χ0v) is 78.3. The Morgan fingerprint density at radius 1 is 0.338 bits per heavy atom. The van der Waals surface area contributed by atoms with Gasteiger partial charge in [-0.2, -0.15) is 119 Å². The highest BCUT2D eigenvalue weighted by Gasteiger charge is 2.58. The Kier molecular flexibility index (Phi) is 29.1. The van der Waals surface area contributed by atoms with E-state index in [1.54, 1.807) is 54.6 Å². The number of ether oxygens (including phenoxy) is 3. The molecule has 42 heteroatoms. The van der Waals surface area contributed by atoms with Gasteiger partial charge in [0.25, 0.3) is 0 Å². The number of hydrogen-bond acceptors (Lipinski definition) is 8. The molecule has 6 fully saturated rings. The number of carboxylic acids is 1. The van der Waals surface area contributed by atoms with Gasteiger partial charge in [-0.3, -0.25) is 9.59 Å². The van der Waals surface area contributed by atoms with Gasteiger partial charge in [-0.1, -0.05) is 56.3 Å². The Balaban J connectivity index is 0.000000173. The van der Waals surface area contributed by atoms with Gasteiger partial charge in [0.05, 0.1) is 126 Å². The van der Waals surface area contributed by atoms with Crippen LogP contribution < -0.4 is 14.2 Å². The van der Waals surface area contributed by atoms with Crippen LogP contribution in [0.5, 0.6) is 17.2 Å². The maximum Gasteiger partial charge on any atom is 0.416 e. The van der Waals surface area contributed by atoms with Crippen LogP contribution >= 0.6 is 0 Å². The number of carbonyl (C=O) groups is 5. The zero-order valence-electron chi connectivity index (χ0n) is 78.3. The first-order chi connectivity index (χ1) is 67.2. The van der Waals surface area contributed by atoms with Gasteiger partial charge < -0.3 is 48.7 Å². The third-order valence-electron chi connectivity index (χ3n) is 27.4. The number of ketones is 1. The Hall–Kier alpha value is -13.3. The number of nitrogens with zero attached hydrogens (tertiary/aromatic N) is 6. The molecule has 0 unspecified atom stereocenters. The van der Waals surface area contributed by atoms with Gasteiger partial charge in [0, 0.05) is 49.8 Å². The molecule has 0 bridgehead atoms. The number of rotatable bonds is 18. The summed E-state index contributed by atoms with van der Waals surface area (Å²) in [5, 5.41) is 9.12. The molecular weight excluding hydrogens is 1980 g/mol.